The van der Waals surface area contributed by atoms with E-state index in [0.29, 0.717) is 13.0 Å². The number of amides is 2. The summed E-state index contributed by atoms with van der Waals surface area (Å²) in [6.07, 6.45) is 4.65. The summed E-state index contributed by atoms with van der Waals surface area (Å²) in [5.74, 6) is 0.589. The predicted molar refractivity (Wildman–Crippen MR) is 111 cm³/mol. The fourth-order valence-corrected chi connectivity index (χ4v) is 3.21. The number of carbonyl (C=O) groups is 2. The van der Waals surface area contributed by atoms with Crippen molar-refractivity contribution in [2.45, 2.75) is 45.3 Å². The lowest BCUT2D eigenvalue weighted by molar-refractivity contribution is -0.123. The lowest BCUT2D eigenvalue weighted by Crippen LogP contribution is -2.48. The van der Waals surface area contributed by atoms with Gasteiger partial charge in [0.25, 0.3) is 0 Å². The van der Waals surface area contributed by atoms with Gasteiger partial charge in [0, 0.05) is 23.6 Å². The fraction of sp³-hybridized carbons (Fsp3) is 0.500. The molecule has 1 heterocycles. The van der Waals surface area contributed by atoms with Gasteiger partial charge in [-0.25, -0.2) is 4.79 Å². The van der Waals surface area contributed by atoms with Crippen LogP contribution in [-0.2, 0) is 16.0 Å². The quantitative estimate of drug-likeness (QED) is 0.643. The summed E-state index contributed by atoms with van der Waals surface area (Å²) < 4.78 is 5.27. The van der Waals surface area contributed by atoms with Crippen molar-refractivity contribution in [1.82, 2.24) is 15.6 Å². The zero-order valence-electron chi connectivity index (χ0n) is 16.4. The summed E-state index contributed by atoms with van der Waals surface area (Å²) in [6, 6.07) is 7.48. The highest BCUT2D eigenvalue weighted by atomic mass is 32.2. The molecule has 1 aromatic carbocycles. The van der Waals surface area contributed by atoms with E-state index in [9.17, 15) is 9.59 Å². The first-order chi connectivity index (χ1) is 12.8. The molecule has 0 bridgehead atoms. The number of nitrogens with one attached hydrogen (secondary N) is 3. The van der Waals surface area contributed by atoms with Gasteiger partial charge in [0.05, 0.1) is 0 Å². The first kappa shape index (κ1) is 21.2. The minimum atomic E-state index is -0.602. The summed E-state index contributed by atoms with van der Waals surface area (Å²) in [6.45, 7) is 5.90. The number of hydrogen-bond donors (Lipinski definition) is 3. The van der Waals surface area contributed by atoms with Crippen LogP contribution >= 0.6 is 11.8 Å². The van der Waals surface area contributed by atoms with Crippen molar-refractivity contribution in [3.63, 3.8) is 0 Å². The zero-order chi connectivity index (χ0) is 19.9. The molecule has 0 radical (unpaired) electrons. The molecule has 3 N–H and O–H groups in total. The first-order valence-corrected chi connectivity index (χ1v) is 10.5. The van der Waals surface area contributed by atoms with Gasteiger partial charge >= 0.3 is 6.09 Å². The Bertz CT molecular complexity index is 767. The number of fused-ring (bicyclic) bond motifs is 1. The Morgan fingerprint density at radius 3 is 2.70 bits per heavy atom. The van der Waals surface area contributed by atoms with Gasteiger partial charge in [0.1, 0.15) is 11.6 Å². The van der Waals surface area contributed by atoms with Crippen LogP contribution in [0.15, 0.2) is 30.5 Å². The molecule has 0 aliphatic carbocycles. The molecule has 0 saturated carbocycles. The highest BCUT2D eigenvalue weighted by Crippen LogP contribution is 2.17. The van der Waals surface area contributed by atoms with E-state index in [-0.39, 0.29) is 5.91 Å². The third kappa shape index (κ3) is 6.82. The molecular formula is C20H29N3O3S. The van der Waals surface area contributed by atoms with Crippen LogP contribution in [0.3, 0.4) is 0 Å². The number of aromatic nitrogens is 1. The SMILES string of the molecule is CSCCC(NC(=O)OC(C)(C)C)C(=O)NCCc1c[nH]c2ccccc12. The van der Waals surface area contributed by atoms with Gasteiger partial charge < -0.3 is 20.4 Å². The number of thioether (sulfide) groups is 1. The van der Waals surface area contributed by atoms with Crippen molar-refractivity contribution in [2.24, 2.45) is 0 Å². The Morgan fingerprint density at radius 1 is 1.26 bits per heavy atom. The highest BCUT2D eigenvalue weighted by molar-refractivity contribution is 7.98. The van der Waals surface area contributed by atoms with E-state index in [4.69, 9.17) is 4.74 Å². The Hall–Kier alpha value is -2.15. The third-order valence-corrected chi connectivity index (χ3v) is 4.63. The van der Waals surface area contributed by atoms with Crippen LogP contribution in [0.2, 0.25) is 0 Å². The van der Waals surface area contributed by atoms with Crippen LogP contribution in [0.1, 0.15) is 32.8 Å². The molecule has 0 spiro atoms. The van der Waals surface area contributed by atoms with Crippen LogP contribution in [0, 0.1) is 0 Å². The maximum absolute atomic E-state index is 12.5. The van der Waals surface area contributed by atoms with Crippen LogP contribution in [0.4, 0.5) is 4.79 Å². The van der Waals surface area contributed by atoms with E-state index in [1.807, 2.05) is 30.7 Å². The second kappa shape index (κ2) is 9.69. The lowest BCUT2D eigenvalue weighted by atomic mass is 10.1. The number of benzene rings is 1. The minimum absolute atomic E-state index is 0.185. The van der Waals surface area contributed by atoms with Gasteiger partial charge in [-0.15, -0.1) is 0 Å². The van der Waals surface area contributed by atoms with Gasteiger partial charge in [-0.3, -0.25) is 4.79 Å². The Balaban J connectivity index is 1.89. The van der Waals surface area contributed by atoms with Gasteiger partial charge in [-0.05, 0) is 57.3 Å². The minimum Gasteiger partial charge on any atom is -0.444 e. The van der Waals surface area contributed by atoms with Crippen LogP contribution in [-0.4, -0.2) is 47.2 Å². The monoisotopic (exact) mass is 391 g/mol. The number of alkyl carbamates (subject to hydrolysis) is 1. The molecule has 2 amide bonds. The van der Waals surface area contributed by atoms with E-state index in [1.165, 1.54) is 0 Å². The van der Waals surface area contributed by atoms with Crippen molar-refractivity contribution in [2.75, 3.05) is 18.6 Å². The van der Waals surface area contributed by atoms with Gasteiger partial charge in [0.15, 0.2) is 0 Å². The fourth-order valence-electron chi connectivity index (χ4n) is 2.74. The molecule has 2 aromatic rings. The molecule has 1 unspecified atom stereocenters. The topological polar surface area (TPSA) is 83.2 Å². The summed E-state index contributed by atoms with van der Waals surface area (Å²) in [5, 5.41) is 6.78. The molecule has 7 heteroatoms. The maximum Gasteiger partial charge on any atom is 0.408 e. The van der Waals surface area contributed by atoms with Gasteiger partial charge in [-0.2, -0.15) is 11.8 Å². The number of rotatable bonds is 8. The van der Waals surface area contributed by atoms with E-state index < -0.39 is 17.7 Å². The summed E-state index contributed by atoms with van der Waals surface area (Å²) in [7, 11) is 0. The van der Waals surface area contributed by atoms with E-state index in [2.05, 4.69) is 21.7 Å². The molecule has 6 nitrogen and oxygen atoms in total. The summed E-state index contributed by atoms with van der Waals surface area (Å²) in [5.41, 5.74) is 1.65. The Kier molecular flexibility index (Phi) is 7.59. The third-order valence-electron chi connectivity index (χ3n) is 3.99. The molecule has 1 atom stereocenters. The number of carbonyl (C=O) groups excluding carboxylic acids is 2. The molecular weight excluding hydrogens is 362 g/mol. The summed E-state index contributed by atoms with van der Waals surface area (Å²) >= 11 is 1.63. The molecule has 0 fully saturated rings. The maximum atomic E-state index is 12.5. The van der Waals surface area contributed by atoms with Crippen molar-refractivity contribution in [1.29, 1.82) is 0 Å². The van der Waals surface area contributed by atoms with Gasteiger partial charge in [-0.1, -0.05) is 18.2 Å². The molecule has 148 valence electrons. The summed E-state index contributed by atoms with van der Waals surface area (Å²) in [4.78, 5) is 27.8. The number of para-hydroxylation sites is 1. The van der Waals surface area contributed by atoms with E-state index >= 15 is 0 Å². The van der Waals surface area contributed by atoms with Crippen LogP contribution in [0.5, 0.6) is 0 Å². The molecule has 2 rings (SSSR count). The predicted octanol–water partition coefficient (Wildman–Crippen LogP) is 3.47. The van der Waals surface area contributed by atoms with Crippen LogP contribution in [0.25, 0.3) is 10.9 Å². The normalized spacial score (nSPS) is 12.6. The van der Waals surface area contributed by atoms with Crippen LogP contribution < -0.4 is 10.6 Å². The smallest absolute Gasteiger partial charge is 0.408 e. The molecule has 0 aliphatic rings. The van der Waals surface area contributed by atoms with Crippen molar-refractivity contribution < 1.29 is 14.3 Å². The zero-order valence-corrected chi connectivity index (χ0v) is 17.2. The first-order valence-electron chi connectivity index (χ1n) is 9.11. The Labute approximate surface area is 164 Å². The van der Waals surface area contributed by atoms with Crippen molar-refractivity contribution >= 4 is 34.7 Å². The lowest BCUT2D eigenvalue weighted by Gasteiger charge is -2.23. The van der Waals surface area contributed by atoms with Crippen molar-refractivity contribution in [3.8, 4) is 0 Å². The molecule has 27 heavy (non-hydrogen) atoms. The Morgan fingerprint density at radius 2 is 2.00 bits per heavy atom. The van der Waals surface area contributed by atoms with E-state index in [1.54, 1.807) is 32.5 Å². The number of hydrogen-bond acceptors (Lipinski definition) is 4. The van der Waals surface area contributed by atoms with E-state index in [0.717, 1.165) is 28.6 Å². The molecule has 0 saturated heterocycles. The van der Waals surface area contributed by atoms with Crippen molar-refractivity contribution in [3.05, 3.63) is 36.0 Å². The average molecular weight is 392 g/mol. The largest absolute Gasteiger partial charge is 0.444 e. The number of H-pyrrole nitrogens is 1. The second-order valence-electron chi connectivity index (χ2n) is 7.38. The average Bonchev–Trinajstić information content (AvgIpc) is 3.00. The standard InChI is InChI=1S/C20H29N3O3S/c1-20(2,3)26-19(25)23-17(10-12-27-4)18(24)21-11-9-14-13-22-16-8-6-5-7-15(14)16/h5-8,13,17,22H,9-12H2,1-4H3,(H,21,24)(H,23,25). The number of ether oxygens (including phenoxy) is 1. The van der Waals surface area contributed by atoms with Gasteiger partial charge in [0.2, 0.25) is 5.91 Å². The molecule has 0 aliphatic heterocycles. The second-order valence-corrected chi connectivity index (χ2v) is 8.37. The number of aromatic amines is 1. The molecule has 1 aromatic heterocycles. The highest BCUT2D eigenvalue weighted by Gasteiger charge is 2.23.